The van der Waals surface area contributed by atoms with E-state index in [9.17, 15) is 14.4 Å². The molecular weight excluding hydrogens is 436 g/mol. The smallest absolute Gasteiger partial charge is 0.253 e. The lowest BCUT2D eigenvalue weighted by Crippen LogP contribution is -2.48. The number of amides is 1. The zero-order valence-corrected chi connectivity index (χ0v) is 18.8. The van der Waals surface area contributed by atoms with Crippen molar-refractivity contribution in [2.45, 2.75) is 13.0 Å². The van der Waals surface area contributed by atoms with Crippen molar-refractivity contribution in [2.75, 3.05) is 39.8 Å². The molecule has 0 radical (unpaired) electrons. The number of nitrogens with zero attached hydrogens (tertiary/aromatic N) is 6. The number of pyridine rings is 1. The molecule has 0 spiro atoms. The molecule has 1 aliphatic heterocycles. The average molecular weight is 460 g/mol. The van der Waals surface area contributed by atoms with E-state index in [1.165, 1.54) is 10.9 Å². The summed E-state index contributed by atoms with van der Waals surface area (Å²) >= 11 is 0. The maximum Gasteiger partial charge on any atom is 0.253 e. The highest BCUT2D eigenvalue weighted by Gasteiger charge is 2.36. The van der Waals surface area contributed by atoms with Gasteiger partial charge in [-0.15, -0.1) is 5.10 Å². The molecule has 1 aliphatic carbocycles. The maximum atomic E-state index is 12.9. The van der Waals surface area contributed by atoms with Crippen LogP contribution in [0.3, 0.4) is 0 Å². The molecule has 10 nitrogen and oxygen atoms in total. The molecule has 3 aromatic rings. The lowest BCUT2D eigenvalue weighted by Gasteiger charge is -2.34. The van der Waals surface area contributed by atoms with Crippen molar-refractivity contribution in [3.05, 3.63) is 70.8 Å². The predicted molar refractivity (Wildman–Crippen MR) is 121 cm³/mol. The van der Waals surface area contributed by atoms with Crippen molar-refractivity contribution >= 4 is 17.5 Å². The maximum absolute atomic E-state index is 12.9. The minimum atomic E-state index is -0.319. The Morgan fingerprint density at radius 2 is 1.74 bits per heavy atom. The Kier molecular flexibility index (Phi) is 5.89. The molecule has 10 heteroatoms. The Balaban J connectivity index is 1.15. The lowest BCUT2D eigenvalue weighted by molar-refractivity contribution is 0.0634. The van der Waals surface area contributed by atoms with Crippen LogP contribution >= 0.6 is 0 Å². The van der Waals surface area contributed by atoms with Crippen LogP contribution in [-0.4, -0.2) is 87.1 Å². The van der Waals surface area contributed by atoms with Gasteiger partial charge in [-0.05, 0) is 42.8 Å². The molecule has 1 fully saturated rings. The molecule has 2 aliphatic rings. The summed E-state index contributed by atoms with van der Waals surface area (Å²) in [5, 5.41) is 8.03. The lowest BCUT2D eigenvalue weighted by atomic mass is 9.94. The van der Waals surface area contributed by atoms with Gasteiger partial charge in [0.2, 0.25) is 11.6 Å². The topological polar surface area (TPSA) is 111 Å². The van der Waals surface area contributed by atoms with Gasteiger partial charge < -0.3 is 9.64 Å². The van der Waals surface area contributed by atoms with Gasteiger partial charge in [0.05, 0.1) is 12.7 Å². The number of methoxy groups -OCH3 is 1. The van der Waals surface area contributed by atoms with Crippen molar-refractivity contribution in [1.82, 2.24) is 29.8 Å². The van der Waals surface area contributed by atoms with Gasteiger partial charge in [0, 0.05) is 51.0 Å². The van der Waals surface area contributed by atoms with E-state index in [0.717, 1.165) is 31.8 Å². The molecule has 1 amide bonds. The second-order valence-electron chi connectivity index (χ2n) is 8.28. The number of hydrogen-bond acceptors (Lipinski definition) is 8. The zero-order chi connectivity index (χ0) is 23.7. The van der Waals surface area contributed by atoms with Gasteiger partial charge in [-0.25, -0.2) is 4.68 Å². The largest absolute Gasteiger partial charge is 0.497 e. The molecule has 1 saturated heterocycles. The zero-order valence-electron chi connectivity index (χ0n) is 18.8. The van der Waals surface area contributed by atoms with Crippen LogP contribution in [0, 0.1) is 0 Å². The fourth-order valence-electron chi connectivity index (χ4n) is 4.39. The number of fused-ring (bicyclic) bond motifs is 2. The molecule has 0 unspecified atom stereocenters. The van der Waals surface area contributed by atoms with Crippen LogP contribution in [-0.2, 0) is 6.54 Å². The summed E-state index contributed by atoms with van der Waals surface area (Å²) in [7, 11) is 1.60. The number of benzene rings is 1. The van der Waals surface area contributed by atoms with E-state index in [-0.39, 0.29) is 40.1 Å². The summed E-state index contributed by atoms with van der Waals surface area (Å²) in [6.45, 7) is 4.10. The van der Waals surface area contributed by atoms with Gasteiger partial charge in [-0.1, -0.05) is 5.21 Å². The second-order valence-corrected chi connectivity index (χ2v) is 8.28. The molecular formula is C24H24N6O4. The Morgan fingerprint density at radius 1 is 0.971 bits per heavy atom. The third kappa shape index (κ3) is 3.96. The fourth-order valence-corrected chi connectivity index (χ4v) is 4.39. The quantitative estimate of drug-likeness (QED) is 0.424. The van der Waals surface area contributed by atoms with Crippen LogP contribution in [0.2, 0.25) is 0 Å². The number of rotatable bonds is 6. The summed E-state index contributed by atoms with van der Waals surface area (Å²) in [5.41, 5.74) is 1.39. The third-order valence-electron chi connectivity index (χ3n) is 6.27. The first-order valence-electron chi connectivity index (χ1n) is 11.2. The minimum absolute atomic E-state index is 0.0219. The van der Waals surface area contributed by atoms with Crippen molar-refractivity contribution in [3.8, 4) is 5.75 Å². The SMILES string of the molecule is COc1ccc(C(=O)N2CCN(CCCn3nnc4c3C(=O)c3ncccc3C4=O)CC2)cc1. The summed E-state index contributed by atoms with van der Waals surface area (Å²) in [4.78, 5) is 46.5. The minimum Gasteiger partial charge on any atom is -0.497 e. The van der Waals surface area contributed by atoms with Crippen LogP contribution in [0.25, 0.3) is 0 Å². The molecule has 0 N–H and O–H groups in total. The van der Waals surface area contributed by atoms with E-state index in [2.05, 4.69) is 20.2 Å². The molecule has 0 bridgehead atoms. The molecule has 34 heavy (non-hydrogen) atoms. The number of aryl methyl sites for hydroxylation is 1. The predicted octanol–water partition coefficient (Wildman–Crippen LogP) is 1.31. The Labute approximate surface area is 196 Å². The highest BCUT2D eigenvalue weighted by atomic mass is 16.5. The van der Waals surface area contributed by atoms with E-state index >= 15 is 0 Å². The number of piperazine rings is 1. The van der Waals surface area contributed by atoms with E-state index in [1.807, 2.05) is 4.90 Å². The van der Waals surface area contributed by atoms with Crippen molar-refractivity contribution in [2.24, 2.45) is 0 Å². The standard InChI is InChI=1S/C24H24N6O4/c1-34-17-7-5-16(6-8-17)24(33)29-14-12-28(13-15-29)10-3-11-30-21-20(26-27-30)22(31)18-4-2-9-25-19(18)23(21)32/h2,4-9H,3,10-15H2,1H3. The molecule has 1 aromatic carbocycles. The molecule has 0 atom stereocenters. The van der Waals surface area contributed by atoms with Gasteiger partial charge >= 0.3 is 0 Å². The molecule has 3 heterocycles. The number of carbonyl (C=O) groups excluding carboxylic acids is 3. The third-order valence-corrected chi connectivity index (χ3v) is 6.27. The van der Waals surface area contributed by atoms with Crippen molar-refractivity contribution < 1.29 is 19.1 Å². The first kappa shape index (κ1) is 21.9. The number of hydrogen-bond donors (Lipinski definition) is 0. The molecule has 2 aromatic heterocycles. The van der Waals surface area contributed by atoms with Crippen LogP contribution in [0.1, 0.15) is 49.0 Å². The van der Waals surface area contributed by atoms with Gasteiger partial charge in [0.1, 0.15) is 17.1 Å². The van der Waals surface area contributed by atoms with Crippen molar-refractivity contribution in [3.63, 3.8) is 0 Å². The summed E-state index contributed by atoms with van der Waals surface area (Å²) < 4.78 is 6.66. The second kappa shape index (κ2) is 9.14. The van der Waals surface area contributed by atoms with Crippen molar-refractivity contribution in [1.29, 1.82) is 0 Å². The molecule has 5 rings (SSSR count). The van der Waals surface area contributed by atoms with E-state index < -0.39 is 0 Å². The van der Waals surface area contributed by atoms with E-state index in [4.69, 9.17) is 4.74 Å². The summed E-state index contributed by atoms with van der Waals surface area (Å²) in [6.07, 6.45) is 2.24. The van der Waals surface area contributed by atoms with Crippen LogP contribution in [0.15, 0.2) is 42.6 Å². The van der Waals surface area contributed by atoms with Gasteiger partial charge in [-0.2, -0.15) is 0 Å². The number of carbonyl (C=O) groups is 3. The van der Waals surface area contributed by atoms with Crippen LogP contribution < -0.4 is 4.74 Å². The van der Waals surface area contributed by atoms with Gasteiger partial charge in [0.15, 0.2) is 5.69 Å². The first-order valence-corrected chi connectivity index (χ1v) is 11.2. The number of ketones is 2. The van der Waals surface area contributed by atoms with E-state index in [1.54, 1.807) is 43.5 Å². The normalized spacial score (nSPS) is 15.7. The number of ether oxygens (including phenoxy) is 1. The highest BCUT2D eigenvalue weighted by Crippen LogP contribution is 2.24. The fraction of sp³-hybridized carbons (Fsp3) is 0.333. The average Bonchev–Trinajstić information content (AvgIpc) is 3.32. The summed E-state index contributed by atoms with van der Waals surface area (Å²) in [5.74, 6) is 0.109. The number of aromatic nitrogens is 4. The molecule has 0 saturated carbocycles. The Hall–Kier alpha value is -3.92. The van der Waals surface area contributed by atoms with Gasteiger partial charge in [0.25, 0.3) is 5.91 Å². The van der Waals surface area contributed by atoms with Crippen LogP contribution in [0.4, 0.5) is 0 Å². The monoisotopic (exact) mass is 460 g/mol. The summed E-state index contributed by atoms with van der Waals surface area (Å²) in [6, 6.07) is 10.4. The highest BCUT2D eigenvalue weighted by molar-refractivity contribution is 6.26. The van der Waals surface area contributed by atoms with Gasteiger partial charge in [-0.3, -0.25) is 24.3 Å². The molecule has 174 valence electrons. The Morgan fingerprint density at radius 3 is 2.47 bits per heavy atom. The van der Waals surface area contributed by atoms with Crippen LogP contribution in [0.5, 0.6) is 5.75 Å². The van der Waals surface area contributed by atoms with E-state index in [0.29, 0.717) is 25.2 Å². The first-order chi connectivity index (χ1) is 16.6. The Bertz CT molecular complexity index is 1240.